The molecule has 0 aliphatic carbocycles. The molecule has 0 bridgehead atoms. The van der Waals surface area contributed by atoms with Gasteiger partial charge in [-0.3, -0.25) is 0 Å². The van der Waals surface area contributed by atoms with Crippen LogP contribution >= 0.6 is 43.5 Å². The number of hydrogen-bond acceptors (Lipinski definition) is 0. The van der Waals surface area contributed by atoms with Crippen LogP contribution in [-0.4, -0.2) is 0 Å². The molecule has 102 valence electrons. The Morgan fingerprint density at radius 2 is 1.72 bits per heavy atom. The summed E-state index contributed by atoms with van der Waals surface area (Å²) in [5.74, 6) is 0. The third-order valence-corrected chi connectivity index (χ3v) is 4.78. The van der Waals surface area contributed by atoms with Gasteiger partial charge in [0.1, 0.15) is 0 Å². The molecule has 0 radical (unpaired) electrons. The Balaban J connectivity index is 2.31. The molecule has 0 aliphatic rings. The molecule has 0 spiro atoms. The molecule has 1 aromatic carbocycles. The zero-order valence-electron chi connectivity index (χ0n) is 10.9. The Kier molecular flexibility index (Phi) is 8.62. The summed E-state index contributed by atoms with van der Waals surface area (Å²) in [4.78, 5) is 0. The molecule has 1 unspecified atom stereocenters. The summed E-state index contributed by atoms with van der Waals surface area (Å²) in [5, 5.41) is 0.114. The van der Waals surface area contributed by atoms with Gasteiger partial charge in [-0.25, -0.2) is 0 Å². The minimum absolute atomic E-state index is 0.114. The van der Waals surface area contributed by atoms with Crippen LogP contribution < -0.4 is 0 Å². The van der Waals surface area contributed by atoms with Gasteiger partial charge in [-0.05, 0) is 30.2 Å². The Morgan fingerprint density at radius 1 is 1.06 bits per heavy atom. The second-order valence-corrected chi connectivity index (χ2v) is 6.99. The topological polar surface area (TPSA) is 0 Å². The highest BCUT2D eigenvalue weighted by atomic mass is 79.9. The first-order chi connectivity index (χ1) is 8.65. The van der Waals surface area contributed by atoms with Crippen molar-refractivity contribution in [1.29, 1.82) is 0 Å². The SMILES string of the molecule is CCCCCCCCC(Cl)c1cc(Br)ccc1Br. The van der Waals surface area contributed by atoms with Crippen LogP contribution in [0.4, 0.5) is 0 Å². The van der Waals surface area contributed by atoms with Crippen molar-refractivity contribution in [3.05, 3.63) is 32.7 Å². The molecule has 0 amide bonds. The summed E-state index contributed by atoms with van der Waals surface area (Å²) in [5.41, 5.74) is 1.19. The quantitative estimate of drug-likeness (QED) is 0.321. The predicted molar refractivity (Wildman–Crippen MR) is 88.4 cm³/mol. The van der Waals surface area contributed by atoms with E-state index in [0.717, 1.165) is 15.4 Å². The van der Waals surface area contributed by atoms with Gasteiger partial charge in [-0.15, -0.1) is 11.6 Å². The summed E-state index contributed by atoms with van der Waals surface area (Å²) in [6.45, 7) is 2.25. The van der Waals surface area contributed by atoms with E-state index >= 15 is 0 Å². The maximum Gasteiger partial charge on any atom is 0.0596 e. The molecular weight excluding hydrogens is 375 g/mol. The lowest BCUT2D eigenvalue weighted by atomic mass is 10.0. The number of hydrogen-bond donors (Lipinski definition) is 0. The molecule has 0 saturated carbocycles. The monoisotopic (exact) mass is 394 g/mol. The summed E-state index contributed by atoms with van der Waals surface area (Å²) in [6, 6.07) is 6.19. The van der Waals surface area contributed by atoms with Gasteiger partial charge < -0.3 is 0 Å². The lowest BCUT2D eigenvalue weighted by molar-refractivity contribution is 0.584. The van der Waals surface area contributed by atoms with Crippen LogP contribution in [0.5, 0.6) is 0 Å². The molecule has 1 atom stereocenters. The van der Waals surface area contributed by atoms with E-state index in [1.807, 2.05) is 6.07 Å². The van der Waals surface area contributed by atoms with Crippen molar-refractivity contribution >= 4 is 43.5 Å². The van der Waals surface area contributed by atoms with Gasteiger partial charge in [0.25, 0.3) is 0 Å². The molecule has 0 N–H and O–H groups in total. The smallest absolute Gasteiger partial charge is 0.0596 e. The maximum atomic E-state index is 6.47. The Morgan fingerprint density at radius 3 is 2.44 bits per heavy atom. The van der Waals surface area contributed by atoms with Crippen LogP contribution in [0.3, 0.4) is 0 Å². The van der Waals surface area contributed by atoms with Crippen molar-refractivity contribution in [3.8, 4) is 0 Å². The van der Waals surface area contributed by atoms with Crippen LogP contribution in [0, 0.1) is 0 Å². The number of halogens is 3. The Labute approximate surface area is 133 Å². The summed E-state index contributed by atoms with van der Waals surface area (Å²) in [7, 11) is 0. The van der Waals surface area contributed by atoms with Crippen LogP contribution in [0.25, 0.3) is 0 Å². The zero-order valence-corrected chi connectivity index (χ0v) is 14.8. The number of benzene rings is 1. The number of alkyl halides is 1. The average Bonchev–Trinajstić information content (AvgIpc) is 2.36. The van der Waals surface area contributed by atoms with Crippen LogP contribution in [-0.2, 0) is 0 Å². The molecule has 0 aromatic heterocycles. The molecule has 18 heavy (non-hydrogen) atoms. The molecule has 3 heteroatoms. The second kappa shape index (κ2) is 9.39. The third-order valence-electron chi connectivity index (χ3n) is 3.11. The molecule has 1 aromatic rings. The van der Waals surface area contributed by atoms with Gasteiger partial charge in [0.15, 0.2) is 0 Å². The van der Waals surface area contributed by atoms with E-state index in [1.165, 1.54) is 44.1 Å². The van der Waals surface area contributed by atoms with Gasteiger partial charge in [0, 0.05) is 8.95 Å². The van der Waals surface area contributed by atoms with Gasteiger partial charge in [-0.2, -0.15) is 0 Å². The second-order valence-electron chi connectivity index (χ2n) is 4.69. The number of unbranched alkanes of at least 4 members (excludes halogenated alkanes) is 5. The molecule has 0 aliphatic heterocycles. The lowest BCUT2D eigenvalue weighted by Gasteiger charge is -2.12. The standard InChI is InChI=1S/C15H21Br2Cl/c1-2-3-4-5-6-7-8-15(18)13-11-12(16)9-10-14(13)17/h9-11,15H,2-8H2,1H3. The molecule has 0 heterocycles. The molecular formula is C15H21Br2Cl. The van der Waals surface area contributed by atoms with Crippen molar-refractivity contribution in [2.45, 2.75) is 57.2 Å². The van der Waals surface area contributed by atoms with E-state index in [1.54, 1.807) is 0 Å². The Bertz CT molecular complexity index is 352. The third kappa shape index (κ3) is 6.08. The van der Waals surface area contributed by atoms with Crippen molar-refractivity contribution in [2.75, 3.05) is 0 Å². The highest BCUT2D eigenvalue weighted by Crippen LogP contribution is 2.34. The fourth-order valence-electron chi connectivity index (χ4n) is 2.01. The molecule has 0 nitrogen and oxygen atoms in total. The van der Waals surface area contributed by atoms with E-state index in [-0.39, 0.29) is 5.38 Å². The van der Waals surface area contributed by atoms with Crippen molar-refractivity contribution < 1.29 is 0 Å². The Hall–Kier alpha value is 0.470. The molecule has 1 rings (SSSR count). The highest BCUT2D eigenvalue weighted by Gasteiger charge is 2.11. The first-order valence-electron chi connectivity index (χ1n) is 6.74. The predicted octanol–water partition coefficient (Wildman–Crippen LogP) is 7.24. The summed E-state index contributed by atoms with van der Waals surface area (Å²) in [6.07, 6.45) is 8.96. The summed E-state index contributed by atoms with van der Waals surface area (Å²) >= 11 is 13.5. The van der Waals surface area contributed by atoms with Gasteiger partial charge >= 0.3 is 0 Å². The largest absolute Gasteiger partial charge is 0.118 e. The van der Waals surface area contributed by atoms with Crippen LogP contribution in [0.1, 0.15) is 62.8 Å². The fraction of sp³-hybridized carbons (Fsp3) is 0.600. The van der Waals surface area contributed by atoms with Crippen molar-refractivity contribution in [2.24, 2.45) is 0 Å². The van der Waals surface area contributed by atoms with Crippen molar-refractivity contribution in [3.63, 3.8) is 0 Å². The van der Waals surface area contributed by atoms with E-state index in [0.29, 0.717) is 0 Å². The van der Waals surface area contributed by atoms with E-state index in [9.17, 15) is 0 Å². The van der Waals surface area contributed by atoms with Gasteiger partial charge in [-0.1, -0.05) is 77.3 Å². The fourth-order valence-corrected chi connectivity index (χ4v) is 3.38. The van der Waals surface area contributed by atoms with Crippen molar-refractivity contribution in [1.82, 2.24) is 0 Å². The summed E-state index contributed by atoms with van der Waals surface area (Å²) < 4.78 is 2.20. The average molecular weight is 397 g/mol. The van der Waals surface area contributed by atoms with Gasteiger partial charge in [0.2, 0.25) is 0 Å². The van der Waals surface area contributed by atoms with Crippen LogP contribution in [0.2, 0.25) is 0 Å². The minimum atomic E-state index is 0.114. The van der Waals surface area contributed by atoms with E-state index in [4.69, 9.17) is 11.6 Å². The van der Waals surface area contributed by atoms with E-state index < -0.39 is 0 Å². The normalized spacial score (nSPS) is 12.7. The molecule has 0 saturated heterocycles. The molecule has 0 fully saturated rings. The highest BCUT2D eigenvalue weighted by molar-refractivity contribution is 9.11. The first-order valence-corrected chi connectivity index (χ1v) is 8.76. The maximum absolute atomic E-state index is 6.47. The first kappa shape index (κ1) is 16.5. The zero-order chi connectivity index (χ0) is 13.4. The van der Waals surface area contributed by atoms with Gasteiger partial charge in [0.05, 0.1) is 5.38 Å². The lowest BCUT2D eigenvalue weighted by Crippen LogP contribution is -1.93. The number of rotatable bonds is 8. The van der Waals surface area contributed by atoms with Crippen LogP contribution in [0.15, 0.2) is 27.1 Å². The minimum Gasteiger partial charge on any atom is -0.118 e. The van der Waals surface area contributed by atoms with E-state index in [2.05, 4.69) is 50.9 Å².